The lowest BCUT2D eigenvalue weighted by molar-refractivity contribution is -1.92. The van der Waals surface area contributed by atoms with Crippen LogP contribution in [0.2, 0.25) is 0 Å². The molecule has 5 nitrogen and oxygen atoms in total. The first-order valence-corrected chi connectivity index (χ1v) is 8.84. The molecule has 0 aliphatic carbocycles. The molecule has 0 atom stereocenters. The zero-order chi connectivity index (χ0) is 17.9. The van der Waals surface area contributed by atoms with Crippen molar-refractivity contribution in [3.05, 3.63) is 90.0 Å². The topological polar surface area (TPSA) is 92.6 Å². The first-order chi connectivity index (χ1) is 11.9. The molecule has 0 radical (unpaired) electrons. The van der Waals surface area contributed by atoms with Gasteiger partial charge in [0.25, 0.3) is 0 Å². The van der Waals surface area contributed by atoms with Gasteiger partial charge in [0.2, 0.25) is 0 Å². The highest BCUT2D eigenvalue weighted by molar-refractivity contribution is 5.83. The molecule has 4 rings (SSSR count). The Morgan fingerprint density at radius 1 is 0.680 bits per heavy atom. The lowest BCUT2D eigenvalue weighted by Gasteiger charge is -2.33. The van der Waals surface area contributed by atoms with Gasteiger partial charge in [-0.2, -0.15) is 14.0 Å². The van der Waals surface area contributed by atoms with E-state index >= 15 is 0 Å². The van der Waals surface area contributed by atoms with Crippen LogP contribution in [-0.2, 0) is 6.42 Å². The van der Waals surface area contributed by atoms with Crippen LogP contribution in [0.1, 0.15) is 11.1 Å². The molecule has 1 heterocycles. The van der Waals surface area contributed by atoms with E-state index in [1.165, 1.54) is 28.2 Å². The van der Waals surface area contributed by atoms with Crippen molar-refractivity contribution in [1.82, 2.24) is 0 Å². The molecule has 0 aromatic heterocycles. The van der Waals surface area contributed by atoms with Crippen LogP contribution in [0.15, 0.2) is 78.9 Å². The largest absolute Gasteiger partial charge is 0.310 e. The van der Waals surface area contributed by atoms with Gasteiger partial charge in [-0.1, -0.05) is 54.6 Å². The number of rotatable bonds is 1. The summed E-state index contributed by atoms with van der Waals surface area (Å²) in [7, 11) is -4.69. The van der Waals surface area contributed by atoms with Gasteiger partial charge in [-0.3, -0.25) is 0 Å². The van der Waals surface area contributed by atoms with E-state index in [0.29, 0.717) is 0 Å². The summed E-state index contributed by atoms with van der Waals surface area (Å²) >= 11 is 0. The molecule has 0 unspecified atom stereocenters. The van der Waals surface area contributed by atoms with Crippen LogP contribution in [0.25, 0.3) is 0 Å². The van der Waals surface area contributed by atoms with E-state index in [9.17, 15) is 0 Å². The van der Waals surface area contributed by atoms with Crippen LogP contribution in [-0.4, -0.2) is 4.66 Å². The Kier molecular flexibility index (Phi) is 5.03. The molecular weight excluding hydrogens is 342 g/mol. The fourth-order valence-electron chi connectivity index (χ4n) is 2.95. The van der Waals surface area contributed by atoms with E-state index in [4.69, 9.17) is 18.6 Å². The van der Waals surface area contributed by atoms with Gasteiger partial charge in [-0.05, 0) is 35.4 Å². The van der Waals surface area contributed by atoms with Crippen molar-refractivity contribution in [1.29, 1.82) is 0 Å². The maximum Gasteiger partial charge on any atom is 0.0777 e. The van der Waals surface area contributed by atoms with Gasteiger partial charge < -0.3 is 4.90 Å². The summed E-state index contributed by atoms with van der Waals surface area (Å²) in [5.74, 6) is 0. The highest BCUT2D eigenvalue weighted by Gasteiger charge is 2.22. The van der Waals surface area contributed by atoms with Crippen LogP contribution in [0, 0.1) is 10.2 Å². The van der Waals surface area contributed by atoms with Gasteiger partial charge in [0.1, 0.15) is 0 Å². The summed E-state index contributed by atoms with van der Waals surface area (Å²) in [6.07, 6.45) is 1.01. The number of fused-ring (bicyclic) bond motifs is 2. The predicted octanol–water partition coefficient (Wildman–Crippen LogP) is 0.937. The third kappa shape index (κ3) is 4.36. The Hall–Kier alpha value is -2.41. The van der Waals surface area contributed by atoms with E-state index in [0.717, 1.165) is 6.42 Å². The Morgan fingerprint density at radius 2 is 1.08 bits per heavy atom. The summed E-state index contributed by atoms with van der Waals surface area (Å²) in [5, 5.41) is 0. The van der Waals surface area contributed by atoms with E-state index in [2.05, 4.69) is 83.8 Å². The van der Waals surface area contributed by atoms with Gasteiger partial charge in [-0.15, -0.1) is 0 Å². The maximum atomic E-state index is 8.60. The van der Waals surface area contributed by atoms with Crippen LogP contribution < -0.4 is 18.9 Å². The first kappa shape index (κ1) is 17.4. The number of nitrogens with zero attached hydrogens (tertiary/aromatic N) is 1. The first-order valence-electron chi connectivity index (χ1n) is 7.58. The quantitative estimate of drug-likeness (QED) is 0.547. The lowest BCUT2D eigenvalue weighted by atomic mass is 9.95. The molecular formula is C19H16ClNO4. The van der Waals surface area contributed by atoms with E-state index in [1.807, 2.05) is 0 Å². The molecule has 0 spiro atoms. The van der Waals surface area contributed by atoms with Crippen molar-refractivity contribution in [3.8, 4) is 0 Å². The fourth-order valence-corrected chi connectivity index (χ4v) is 2.95. The molecule has 0 saturated heterocycles. The van der Waals surface area contributed by atoms with Crippen LogP contribution in [0.5, 0.6) is 0 Å². The molecule has 0 amide bonds. The minimum absolute atomic E-state index is 1.01. The summed E-state index contributed by atoms with van der Waals surface area (Å²) in [4.78, 5) is 2.36. The normalized spacial score (nSPS) is 12.6. The molecule has 1 aliphatic rings. The zero-order valence-electron chi connectivity index (χ0n) is 13.2. The average molecular weight is 358 g/mol. The molecule has 3 aromatic rings. The Morgan fingerprint density at radius 3 is 1.56 bits per heavy atom. The second kappa shape index (κ2) is 7.23. The third-order valence-electron chi connectivity index (χ3n) is 3.86. The molecule has 128 valence electrons. The maximum absolute atomic E-state index is 8.60. The molecule has 0 bridgehead atoms. The molecule has 1 aliphatic heterocycles. The minimum atomic E-state index is -4.69. The van der Waals surface area contributed by atoms with Gasteiger partial charge >= 0.3 is 0 Å². The van der Waals surface area contributed by atoms with E-state index in [-0.39, 0.29) is 0 Å². The Labute approximate surface area is 147 Å². The second-order valence-corrected chi connectivity index (χ2v) is 6.29. The summed E-state index contributed by atoms with van der Waals surface area (Å²) < 4.78 is 32.7. The minimum Gasteiger partial charge on any atom is -0.310 e. The number of hydrogen-bond acceptors (Lipinski definition) is 5. The van der Waals surface area contributed by atoms with Crippen molar-refractivity contribution in [3.63, 3.8) is 0 Å². The van der Waals surface area contributed by atoms with Crippen LogP contribution in [0.3, 0.4) is 0 Å². The van der Waals surface area contributed by atoms with Crippen molar-refractivity contribution in [2.24, 2.45) is 0 Å². The summed E-state index contributed by atoms with van der Waals surface area (Å²) in [6.45, 7) is 0. The standard InChI is InChI=1S/C19H15N.ClHO4/c1-2-10-17(11-3-1)20-18-12-6-4-8-15(18)14-16-9-5-7-13-19(16)20;2-1(3,4)5/h1-13H,14H2;(H,2,3,4,5). The molecule has 25 heavy (non-hydrogen) atoms. The summed E-state index contributed by atoms with van der Waals surface area (Å²) in [5.41, 5.74) is 6.56. The predicted molar refractivity (Wildman–Crippen MR) is 86.1 cm³/mol. The van der Waals surface area contributed by atoms with Gasteiger partial charge in [-0.25, -0.2) is 0 Å². The number of anilines is 3. The zero-order valence-corrected chi connectivity index (χ0v) is 14.0. The number of hydrogen-bond donors (Lipinski definition) is 1. The van der Waals surface area contributed by atoms with E-state index < -0.39 is 10.2 Å². The van der Waals surface area contributed by atoms with Crippen molar-refractivity contribution in [2.45, 2.75) is 6.42 Å². The second-order valence-electron chi connectivity index (χ2n) is 5.50. The molecule has 6 heteroatoms. The van der Waals surface area contributed by atoms with Crippen molar-refractivity contribution in [2.75, 3.05) is 4.90 Å². The fraction of sp³-hybridized carbons (Fsp3) is 0.0526. The molecule has 3 aromatic carbocycles. The number of benzene rings is 3. The van der Waals surface area contributed by atoms with Gasteiger partial charge in [0.05, 0.1) is 14.9 Å². The number of para-hydroxylation sites is 3. The molecule has 0 fully saturated rings. The monoisotopic (exact) mass is 357 g/mol. The van der Waals surface area contributed by atoms with Gasteiger partial charge in [0, 0.05) is 23.5 Å². The molecule has 0 saturated carbocycles. The Balaban J connectivity index is 0.000000324. The summed E-state index contributed by atoms with van der Waals surface area (Å²) in [6, 6.07) is 27.9. The lowest BCUT2D eigenvalue weighted by Crippen LogP contribution is -2.58. The van der Waals surface area contributed by atoms with Gasteiger partial charge in [0.15, 0.2) is 0 Å². The highest BCUT2D eigenvalue weighted by Crippen LogP contribution is 2.43. The Bertz CT molecular complexity index is 798. The number of halogens is 1. The van der Waals surface area contributed by atoms with E-state index in [1.54, 1.807) is 0 Å². The highest BCUT2D eigenvalue weighted by atomic mass is 35.7. The van der Waals surface area contributed by atoms with Crippen LogP contribution >= 0.6 is 0 Å². The third-order valence-corrected chi connectivity index (χ3v) is 3.86. The van der Waals surface area contributed by atoms with Crippen molar-refractivity contribution < 1.29 is 28.9 Å². The average Bonchev–Trinajstić information content (AvgIpc) is 2.59. The van der Waals surface area contributed by atoms with Crippen LogP contribution in [0.4, 0.5) is 17.1 Å². The smallest absolute Gasteiger partial charge is 0.0777 e. The van der Waals surface area contributed by atoms with Crippen molar-refractivity contribution >= 4 is 17.1 Å². The SMILES string of the molecule is [O-][Cl+3]([O-])([O-])O.c1ccc(N2c3ccccc3Cc3ccccc32)cc1. The molecule has 1 N–H and O–H groups in total.